The van der Waals surface area contributed by atoms with Crippen molar-refractivity contribution in [1.82, 2.24) is 20.1 Å². The summed E-state index contributed by atoms with van der Waals surface area (Å²) in [6, 6.07) is 9.42. The molecule has 0 saturated carbocycles. The number of H-pyrrole nitrogens is 1. The van der Waals surface area contributed by atoms with Gasteiger partial charge in [-0.15, -0.1) is 0 Å². The number of alkyl halides is 2. The monoisotopic (exact) mass is 687 g/mol. The topological polar surface area (TPSA) is 163 Å². The number of aromatic nitrogens is 1. The van der Waals surface area contributed by atoms with E-state index in [0.29, 0.717) is 31.5 Å². The molecule has 12 nitrogen and oxygen atoms in total. The second-order valence-corrected chi connectivity index (χ2v) is 15.2. The van der Waals surface area contributed by atoms with Crippen LogP contribution in [0.2, 0.25) is 0 Å². The van der Waals surface area contributed by atoms with Gasteiger partial charge < -0.3 is 34.8 Å². The van der Waals surface area contributed by atoms with Gasteiger partial charge in [0.25, 0.3) is 5.91 Å². The Bertz CT molecular complexity index is 1800. The summed E-state index contributed by atoms with van der Waals surface area (Å²) >= 11 is 0. The summed E-state index contributed by atoms with van der Waals surface area (Å²) in [5, 5.41) is 2.76. The zero-order valence-electron chi connectivity index (χ0n) is 27.4. The van der Waals surface area contributed by atoms with Crippen molar-refractivity contribution in [2.45, 2.75) is 76.2 Å². The number of benzene rings is 2. The Morgan fingerprint density at radius 1 is 1.00 bits per heavy atom. The van der Waals surface area contributed by atoms with Crippen molar-refractivity contribution in [3.63, 3.8) is 0 Å². The largest absolute Gasteiger partial charge is 0.399 e. The minimum Gasteiger partial charge on any atom is -0.351 e. The zero-order valence-corrected chi connectivity index (χ0v) is 28.3. The van der Waals surface area contributed by atoms with E-state index in [4.69, 9.17) is 9.79 Å². The molecule has 2 fully saturated rings. The molecule has 0 radical (unpaired) electrons. The number of carbonyl (C=O) groups is 4. The molecule has 2 aliphatic heterocycles. The number of hydrogen-bond donors (Lipinski definition) is 4. The molecule has 0 bridgehead atoms. The number of nitrogens with zero attached hydrogens (tertiary/aromatic N) is 3. The van der Waals surface area contributed by atoms with Crippen molar-refractivity contribution in [2.24, 2.45) is 0 Å². The number of anilines is 1. The zero-order chi connectivity index (χ0) is 35.3. The van der Waals surface area contributed by atoms with Crippen molar-refractivity contribution in [3.05, 3.63) is 65.4 Å². The van der Waals surface area contributed by atoms with E-state index in [9.17, 15) is 32.5 Å². The van der Waals surface area contributed by atoms with Gasteiger partial charge in [-0.05, 0) is 60.6 Å². The van der Waals surface area contributed by atoms with E-state index in [1.54, 1.807) is 7.05 Å². The molecule has 2 saturated heterocycles. The van der Waals surface area contributed by atoms with Crippen LogP contribution in [0, 0.1) is 0 Å². The SMILES string of the molecule is CC(=O)N1CC[C@H]2CC[C@@H](C(=O)N(C)c3ccc(C(C)(C)C)cc3)N2C(=O)[C@@H](NC(=O)c2cc3cc(C(F)(F)P(=O)(O)O)ccc3[nH]2)C1. The Labute approximate surface area is 276 Å². The van der Waals surface area contributed by atoms with Crippen LogP contribution >= 0.6 is 7.60 Å². The molecular weight excluding hydrogens is 647 g/mol. The molecule has 1 aromatic heterocycles. The Kier molecular flexibility index (Phi) is 9.32. The molecule has 3 aromatic rings. The van der Waals surface area contributed by atoms with Gasteiger partial charge in [-0.1, -0.05) is 39.0 Å². The molecule has 258 valence electrons. The maximum atomic E-state index is 14.3. The van der Waals surface area contributed by atoms with Crippen molar-refractivity contribution in [2.75, 3.05) is 25.0 Å². The molecule has 15 heteroatoms. The third kappa shape index (κ3) is 6.74. The van der Waals surface area contributed by atoms with Crippen LogP contribution in [-0.2, 0) is 30.0 Å². The molecule has 3 heterocycles. The molecular formula is C33H40F2N5O7P. The average molecular weight is 688 g/mol. The van der Waals surface area contributed by atoms with Crippen molar-refractivity contribution in [1.29, 1.82) is 0 Å². The minimum atomic E-state index is -5.81. The molecule has 5 rings (SSSR count). The van der Waals surface area contributed by atoms with Crippen LogP contribution in [0.5, 0.6) is 0 Å². The van der Waals surface area contributed by atoms with E-state index in [1.807, 2.05) is 24.3 Å². The standard InChI is InChI=1S/C33H40F2N5O7P/c1-19(41)39-15-14-24-11-13-28(31(44)38(5)23-9-6-21(7-10-23)32(2,3)4)40(24)30(43)27(18-39)37-29(42)26-17-20-16-22(8-12-25(20)36-26)33(34,35)48(45,46)47/h6-10,12,16-17,24,27-28,36H,11,13-15,18H2,1-5H3,(H,37,42)(H2,45,46,47)/t24-,27+,28+/m1/s1. The fourth-order valence-electron chi connectivity index (χ4n) is 6.39. The van der Waals surface area contributed by atoms with Gasteiger partial charge in [-0.25, -0.2) is 0 Å². The minimum absolute atomic E-state index is 0.0693. The summed E-state index contributed by atoms with van der Waals surface area (Å²) in [6.45, 7) is 7.81. The summed E-state index contributed by atoms with van der Waals surface area (Å²) in [5.74, 6) is -1.86. The lowest BCUT2D eigenvalue weighted by molar-refractivity contribution is -0.144. The fraction of sp³-hybridized carbons (Fsp3) is 0.455. The predicted molar refractivity (Wildman–Crippen MR) is 175 cm³/mol. The highest BCUT2D eigenvalue weighted by molar-refractivity contribution is 7.52. The maximum absolute atomic E-state index is 14.3. The second-order valence-electron chi connectivity index (χ2n) is 13.5. The van der Waals surface area contributed by atoms with Gasteiger partial charge in [0.1, 0.15) is 17.8 Å². The quantitative estimate of drug-likeness (QED) is 0.284. The lowest BCUT2D eigenvalue weighted by atomic mass is 9.87. The van der Waals surface area contributed by atoms with Crippen molar-refractivity contribution < 1.29 is 42.3 Å². The first-order chi connectivity index (χ1) is 22.3. The van der Waals surface area contributed by atoms with E-state index in [2.05, 4.69) is 31.1 Å². The number of fused-ring (bicyclic) bond motifs is 2. The lowest BCUT2D eigenvalue weighted by Gasteiger charge is -2.39. The number of hydrogen-bond acceptors (Lipinski definition) is 5. The number of amides is 4. The first-order valence-electron chi connectivity index (χ1n) is 15.6. The summed E-state index contributed by atoms with van der Waals surface area (Å²) in [4.78, 5) is 79.6. The molecule has 4 N–H and O–H groups in total. The van der Waals surface area contributed by atoms with Crippen LogP contribution in [0.25, 0.3) is 10.9 Å². The summed E-state index contributed by atoms with van der Waals surface area (Å²) in [5.41, 5.74) is -3.52. The third-order valence-electron chi connectivity index (χ3n) is 9.26. The number of nitrogens with one attached hydrogen (secondary N) is 2. The van der Waals surface area contributed by atoms with Crippen LogP contribution in [-0.4, -0.2) is 86.5 Å². The number of rotatable bonds is 6. The normalized spacial score (nSPS) is 20.7. The number of carbonyl (C=O) groups excluding carboxylic acids is 4. The molecule has 0 unspecified atom stereocenters. The van der Waals surface area contributed by atoms with E-state index >= 15 is 0 Å². The third-order valence-corrected chi connectivity index (χ3v) is 10.2. The smallest absolute Gasteiger partial charge is 0.351 e. The van der Waals surface area contributed by atoms with E-state index in [1.165, 1.54) is 33.8 Å². The molecule has 0 aliphatic carbocycles. The first-order valence-corrected chi connectivity index (χ1v) is 17.2. The molecule has 3 atom stereocenters. The van der Waals surface area contributed by atoms with E-state index in [-0.39, 0.29) is 46.4 Å². The van der Waals surface area contributed by atoms with Crippen LogP contribution in [0.1, 0.15) is 68.6 Å². The Balaban J connectivity index is 1.40. The van der Waals surface area contributed by atoms with E-state index in [0.717, 1.165) is 17.7 Å². The molecule has 0 spiro atoms. The Hall–Kier alpha value is -4.13. The molecule has 2 aromatic carbocycles. The van der Waals surface area contributed by atoms with Gasteiger partial charge in [-0.2, -0.15) is 8.78 Å². The molecule has 48 heavy (non-hydrogen) atoms. The Morgan fingerprint density at radius 2 is 1.65 bits per heavy atom. The van der Waals surface area contributed by atoms with Crippen molar-refractivity contribution in [3.8, 4) is 0 Å². The second kappa shape index (κ2) is 12.7. The van der Waals surface area contributed by atoms with Crippen LogP contribution < -0.4 is 10.2 Å². The van der Waals surface area contributed by atoms with Gasteiger partial charge in [0, 0.05) is 55.3 Å². The average Bonchev–Trinajstić information content (AvgIpc) is 3.63. The van der Waals surface area contributed by atoms with Gasteiger partial charge in [0.05, 0.1) is 0 Å². The van der Waals surface area contributed by atoms with Crippen molar-refractivity contribution >= 4 is 47.8 Å². The van der Waals surface area contributed by atoms with Crippen LogP contribution in [0.15, 0.2) is 48.5 Å². The number of likely N-dealkylation sites (N-methyl/N-ethyl adjacent to an activating group) is 1. The summed E-state index contributed by atoms with van der Waals surface area (Å²) in [7, 11) is -4.15. The fourth-order valence-corrected chi connectivity index (χ4v) is 6.87. The van der Waals surface area contributed by atoms with Gasteiger partial charge in [0.15, 0.2) is 0 Å². The van der Waals surface area contributed by atoms with E-state index < -0.39 is 42.7 Å². The first kappa shape index (κ1) is 35.2. The van der Waals surface area contributed by atoms with Gasteiger partial charge >= 0.3 is 13.3 Å². The highest BCUT2D eigenvalue weighted by Crippen LogP contribution is 2.59. The van der Waals surface area contributed by atoms with Crippen LogP contribution in [0.4, 0.5) is 14.5 Å². The predicted octanol–water partition coefficient (Wildman–Crippen LogP) is 4.07. The Morgan fingerprint density at radius 3 is 2.25 bits per heavy atom. The molecule has 4 amide bonds. The summed E-state index contributed by atoms with van der Waals surface area (Å²) in [6.07, 6.45) is 1.41. The van der Waals surface area contributed by atoms with Gasteiger partial charge in [0.2, 0.25) is 17.7 Å². The maximum Gasteiger partial charge on any atom is 0.399 e. The highest BCUT2D eigenvalue weighted by Gasteiger charge is 2.50. The number of halogens is 2. The highest BCUT2D eigenvalue weighted by atomic mass is 31.2. The summed E-state index contributed by atoms with van der Waals surface area (Å²) < 4.78 is 40.0. The van der Waals surface area contributed by atoms with Crippen LogP contribution in [0.3, 0.4) is 0 Å². The number of aromatic amines is 1. The molecule has 2 aliphatic rings. The lowest BCUT2D eigenvalue weighted by Crippen LogP contribution is -2.61. The van der Waals surface area contributed by atoms with Gasteiger partial charge in [-0.3, -0.25) is 23.7 Å².